The Bertz CT molecular complexity index is 372. The maximum Gasteiger partial charge on any atom is 0.382 e. The fraction of sp³-hybridized carbons (Fsp3) is 0. The zero-order valence-corrected chi connectivity index (χ0v) is 7.28. The first kappa shape index (κ1) is 8.62. The van der Waals surface area contributed by atoms with Crippen molar-refractivity contribution < 1.29 is 4.92 Å². The van der Waals surface area contributed by atoms with Gasteiger partial charge in [-0.2, -0.15) is 5.26 Å². The summed E-state index contributed by atoms with van der Waals surface area (Å²) in [5.41, 5.74) is -0.0532. The van der Waals surface area contributed by atoms with Crippen LogP contribution in [0.2, 0.25) is 0 Å². The Balaban J connectivity index is 3.40. The van der Waals surface area contributed by atoms with E-state index in [9.17, 15) is 10.1 Å². The number of hydrogen-bond donors (Lipinski definition) is 0. The standard InChI is InChI=1S/C6H2BrN3O2/c7-5-1-2-9-6(10(11)12)4(5)3-8/h1-2H. The number of aromatic nitrogens is 1. The first-order valence-corrected chi connectivity index (χ1v) is 3.65. The number of pyridine rings is 1. The Kier molecular flexibility index (Phi) is 2.35. The van der Waals surface area contributed by atoms with Gasteiger partial charge in [-0.3, -0.25) is 0 Å². The van der Waals surface area contributed by atoms with Crippen LogP contribution in [-0.2, 0) is 0 Å². The molecule has 0 spiro atoms. The molecule has 0 saturated carbocycles. The highest BCUT2D eigenvalue weighted by atomic mass is 79.9. The number of nitriles is 1. The highest BCUT2D eigenvalue weighted by molar-refractivity contribution is 9.10. The van der Waals surface area contributed by atoms with E-state index in [0.717, 1.165) is 0 Å². The van der Waals surface area contributed by atoms with Crippen LogP contribution in [0.4, 0.5) is 5.82 Å². The van der Waals surface area contributed by atoms with E-state index in [4.69, 9.17) is 5.26 Å². The van der Waals surface area contributed by atoms with Crippen molar-refractivity contribution in [3.05, 3.63) is 32.4 Å². The van der Waals surface area contributed by atoms with Crippen LogP contribution in [0.5, 0.6) is 0 Å². The lowest BCUT2D eigenvalue weighted by Gasteiger charge is -1.94. The van der Waals surface area contributed by atoms with Gasteiger partial charge in [0, 0.05) is 4.47 Å². The van der Waals surface area contributed by atoms with Gasteiger partial charge < -0.3 is 10.1 Å². The predicted molar refractivity (Wildman–Crippen MR) is 43.3 cm³/mol. The number of halogens is 1. The Hall–Kier alpha value is -1.48. The molecular weight excluding hydrogens is 226 g/mol. The summed E-state index contributed by atoms with van der Waals surface area (Å²) in [6, 6.07) is 3.17. The molecule has 12 heavy (non-hydrogen) atoms. The van der Waals surface area contributed by atoms with Gasteiger partial charge >= 0.3 is 5.82 Å². The summed E-state index contributed by atoms with van der Waals surface area (Å²) >= 11 is 3.01. The molecule has 0 radical (unpaired) electrons. The molecule has 0 atom stereocenters. The van der Waals surface area contributed by atoms with Gasteiger partial charge in [-0.1, -0.05) is 0 Å². The minimum Gasteiger partial charge on any atom is -0.358 e. The van der Waals surface area contributed by atoms with Crippen molar-refractivity contribution in [1.82, 2.24) is 4.98 Å². The van der Waals surface area contributed by atoms with Crippen LogP contribution in [0.15, 0.2) is 16.7 Å². The highest BCUT2D eigenvalue weighted by Gasteiger charge is 2.16. The van der Waals surface area contributed by atoms with Crippen molar-refractivity contribution >= 4 is 21.7 Å². The third-order valence-corrected chi connectivity index (χ3v) is 1.83. The largest absolute Gasteiger partial charge is 0.382 e. The topological polar surface area (TPSA) is 79.8 Å². The molecule has 1 aromatic heterocycles. The van der Waals surface area contributed by atoms with E-state index in [1.165, 1.54) is 12.3 Å². The van der Waals surface area contributed by atoms with Gasteiger partial charge in [0.1, 0.15) is 12.3 Å². The second-order valence-corrected chi connectivity index (χ2v) is 2.71. The fourth-order valence-corrected chi connectivity index (χ4v) is 1.05. The summed E-state index contributed by atoms with van der Waals surface area (Å²) in [6.07, 6.45) is 1.27. The van der Waals surface area contributed by atoms with Gasteiger partial charge in [0.25, 0.3) is 0 Å². The van der Waals surface area contributed by atoms with Crippen molar-refractivity contribution in [2.45, 2.75) is 0 Å². The molecule has 0 N–H and O–H groups in total. The second-order valence-electron chi connectivity index (χ2n) is 1.86. The Morgan fingerprint density at radius 2 is 2.42 bits per heavy atom. The van der Waals surface area contributed by atoms with Crippen LogP contribution in [0.1, 0.15) is 5.56 Å². The lowest BCUT2D eigenvalue weighted by molar-refractivity contribution is -0.389. The molecule has 0 aliphatic rings. The van der Waals surface area contributed by atoms with Gasteiger partial charge in [0.15, 0.2) is 5.56 Å². The summed E-state index contributed by atoms with van der Waals surface area (Å²) in [5.74, 6) is -0.424. The van der Waals surface area contributed by atoms with Crippen molar-refractivity contribution in [3.63, 3.8) is 0 Å². The molecular formula is C6H2BrN3O2. The predicted octanol–water partition coefficient (Wildman–Crippen LogP) is 1.62. The van der Waals surface area contributed by atoms with Crippen LogP contribution < -0.4 is 0 Å². The average molecular weight is 228 g/mol. The molecule has 0 amide bonds. The molecule has 0 aliphatic heterocycles. The van der Waals surface area contributed by atoms with Gasteiger partial charge in [-0.15, -0.1) is 0 Å². The fourth-order valence-electron chi connectivity index (χ4n) is 0.670. The number of nitro groups is 1. The molecule has 1 heterocycles. The second kappa shape index (κ2) is 3.28. The van der Waals surface area contributed by atoms with Crippen LogP contribution in [-0.4, -0.2) is 9.91 Å². The Morgan fingerprint density at radius 3 is 2.83 bits per heavy atom. The summed E-state index contributed by atoms with van der Waals surface area (Å²) < 4.78 is 0.381. The Labute approximate surface area is 75.9 Å². The molecule has 1 rings (SSSR count). The van der Waals surface area contributed by atoms with E-state index in [1.807, 2.05) is 0 Å². The van der Waals surface area contributed by atoms with E-state index in [1.54, 1.807) is 6.07 Å². The molecule has 1 aromatic rings. The summed E-state index contributed by atoms with van der Waals surface area (Å²) in [6.45, 7) is 0. The molecule has 0 aromatic carbocycles. The normalized spacial score (nSPS) is 9.00. The smallest absolute Gasteiger partial charge is 0.358 e. The highest BCUT2D eigenvalue weighted by Crippen LogP contribution is 2.22. The SMILES string of the molecule is N#Cc1c(Br)ccnc1[N+](=O)[O-]. The molecule has 6 heteroatoms. The van der Waals surface area contributed by atoms with Crippen LogP contribution in [0.25, 0.3) is 0 Å². The summed E-state index contributed by atoms with van der Waals surface area (Å²) in [7, 11) is 0. The molecule has 0 saturated heterocycles. The molecule has 0 bridgehead atoms. The van der Waals surface area contributed by atoms with E-state index in [0.29, 0.717) is 4.47 Å². The van der Waals surface area contributed by atoms with Crippen molar-refractivity contribution in [2.24, 2.45) is 0 Å². The van der Waals surface area contributed by atoms with E-state index >= 15 is 0 Å². The third kappa shape index (κ3) is 1.40. The number of hydrogen-bond acceptors (Lipinski definition) is 4. The van der Waals surface area contributed by atoms with Crippen molar-refractivity contribution in [3.8, 4) is 6.07 Å². The molecule has 0 aliphatic carbocycles. The zero-order chi connectivity index (χ0) is 9.14. The van der Waals surface area contributed by atoms with Gasteiger partial charge in [-0.05, 0) is 31.9 Å². The molecule has 0 fully saturated rings. The first-order valence-electron chi connectivity index (χ1n) is 2.86. The van der Waals surface area contributed by atoms with Gasteiger partial charge in [0.05, 0.1) is 0 Å². The third-order valence-electron chi connectivity index (χ3n) is 1.16. The van der Waals surface area contributed by atoms with E-state index < -0.39 is 10.7 Å². The van der Waals surface area contributed by atoms with Crippen molar-refractivity contribution in [2.75, 3.05) is 0 Å². The van der Waals surface area contributed by atoms with Crippen LogP contribution >= 0.6 is 15.9 Å². The minimum absolute atomic E-state index is 0.0532. The summed E-state index contributed by atoms with van der Waals surface area (Å²) in [5, 5.41) is 18.8. The maximum atomic E-state index is 10.3. The van der Waals surface area contributed by atoms with Crippen LogP contribution in [0, 0.1) is 21.4 Å². The van der Waals surface area contributed by atoms with E-state index in [-0.39, 0.29) is 5.56 Å². The van der Waals surface area contributed by atoms with Gasteiger partial charge in [0.2, 0.25) is 0 Å². The van der Waals surface area contributed by atoms with Crippen LogP contribution in [0.3, 0.4) is 0 Å². The Morgan fingerprint density at radius 1 is 1.75 bits per heavy atom. The minimum atomic E-state index is -0.691. The number of rotatable bonds is 1. The van der Waals surface area contributed by atoms with Crippen molar-refractivity contribution in [1.29, 1.82) is 5.26 Å². The quantitative estimate of drug-likeness (QED) is 0.540. The monoisotopic (exact) mass is 227 g/mol. The average Bonchev–Trinajstić information content (AvgIpc) is 2.03. The maximum absolute atomic E-state index is 10.3. The number of nitrogens with zero attached hydrogens (tertiary/aromatic N) is 3. The molecule has 0 unspecified atom stereocenters. The first-order chi connectivity index (χ1) is 5.66. The van der Waals surface area contributed by atoms with Gasteiger partial charge in [-0.25, -0.2) is 0 Å². The lowest BCUT2D eigenvalue weighted by atomic mass is 10.3. The zero-order valence-electron chi connectivity index (χ0n) is 5.69. The van der Waals surface area contributed by atoms with E-state index in [2.05, 4.69) is 20.9 Å². The lowest BCUT2D eigenvalue weighted by Crippen LogP contribution is -1.95. The molecule has 5 nitrogen and oxygen atoms in total. The summed E-state index contributed by atoms with van der Waals surface area (Å²) in [4.78, 5) is 13.1. The molecule has 60 valence electrons.